The minimum Gasteiger partial charge on any atom is -0.492 e. The highest BCUT2D eigenvalue weighted by atomic mass is 35.5. The SMILES string of the molecule is Cc1nn(Cc2ccccc2Cl)c(C)c1CNCCOc1ccccc1. The molecule has 0 aliphatic heterocycles. The van der Waals surface area contributed by atoms with Crippen molar-refractivity contribution in [1.82, 2.24) is 15.1 Å². The van der Waals surface area contributed by atoms with E-state index in [0.29, 0.717) is 13.2 Å². The summed E-state index contributed by atoms with van der Waals surface area (Å²) in [5.74, 6) is 0.897. The molecule has 4 nitrogen and oxygen atoms in total. The van der Waals surface area contributed by atoms with Crippen molar-refractivity contribution in [2.45, 2.75) is 26.9 Å². The van der Waals surface area contributed by atoms with Crippen molar-refractivity contribution in [2.24, 2.45) is 0 Å². The lowest BCUT2D eigenvalue weighted by Gasteiger charge is -2.09. The molecule has 1 aromatic heterocycles. The van der Waals surface area contributed by atoms with Crippen molar-refractivity contribution in [3.05, 3.63) is 82.1 Å². The molecular formula is C21H24ClN3O. The molecule has 0 fully saturated rings. The van der Waals surface area contributed by atoms with Gasteiger partial charge in [0.2, 0.25) is 0 Å². The number of halogens is 1. The number of para-hydroxylation sites is 1. The Bertz CT molecular complexity index is 846. The lowest BCUT2D eigenvalue weighted by molar-refractivity contribution is 0.313. The molecule has 0 radical (unpaired) electrons. The molecule has 0 saturated carbocycles. The third kappa shape index (κ3) is 4.65. The van der Waals surface area contributed by atoms with Gasteiger partial charge in [-0.2, -0.15) is 5.10 Å². The molecule has 0 unspecified atom stereocenters. The molecule has 5 heteroatoms. The van der Waals surface area contributed by atoms with Crippen LogP contribution < -0.4 is 10.1 Å². The maximum atomic E-state index is 6.27. The zero-order chi connectivity index (χ0) is 18.4. The number of rotatable bonds is 8. The first-order valence-electron chi connectivity index (χ1n) is 8.80. The summed E-state index contributed by atoms with van der Waals surface area (Å²) in [5, 5.41) is 8.89. The number of aromatic nitrogens is 2. The summed E-state index contributed by atoms with van der Waals surface area (Å²) in [7, 11) is 0. The standard InChI is InChI=1S/C21H24ClN3O/c1-16-20(14-23-12-13-26-19-9-4-3-5-10-19)17(2)25(24-16)15-18-8-6-7-11-21(18)22/h3-11,23H,12-15H2,1-2H3. The highest BCUT2D eigenvalue weighted by Gasteiger charge is 2.12. The Morgan fingerprint density at radius 1 is 1.04 bits per heavy atom. The zero-order valence-electron chi connectivity index (χ0n) is 15.2. The van der Waals surface area contributed by atoms with E-state index in [1.807, 2.05) is 66.2 Å². The predicted octanol–water partition coefficient (Wildman–Crippen LogP) is 4.37. The first-order chi connectivity index (χ1) is 12.6. The summed E-state index contributed by atoms with van der Waals surface area (Å²) >= 11 is 6.27. The quantitative estimate of drug-likeness (QED) is 0.599. The number of ether oxygens (including phenoxy) is 1. The maximum Gasteiger partial charge on any atom is 0.119 e. The van der Waals surface area contributed by atoms with Gasteiger partial charge in [0.15, 0.2) is 0 Å². The molecule has 0 aliphatic rings. The summed E-state index contributed by atoms with van der Waals surface area (Å²) in [6.07, 6.45) is 0. The second-order valence-electron chi connectivity index (χ2n) is 6.24. The molecule has 136 valence electrons. The first kappa shape index (κ1) is 18.5. The lowest BCUT2D eigenvalue weighted by Crippen LogP contribution is -2.21. The van der Waals surface area contributed by atoms with Crippen LogP contribution in [0.1, 0.15) is 22.5 Å². The highest BCUT2D eigenvalue weighted by molar-refractivity contribution is 6.31. The third-order valence-electron chi connectivity index (χ3n) is 4.40. The molecule has 0 spiro atoms. The molecule has 2 aromatic carbocycles. The number of hydrogen-bond donors (Lipinski definition) is 1. The average Bonchev–Trinajstić information content (AvgIpc) is 2.91. The first-order valence-corrected chi connectivity index (χ1v) is 9.18. The Labute approximate surface area is 159 Å². The van der Waals surface area contributed by atoms with E-state index in [4.69, 9.17) is 16.3 Å². The molecule has 1 heterocycles. The van der Waals surface area contributed by atoms with Crippen molar-refractivity contribution >= 4 is 11.6 Å². The number of nitrogens with zero attached hydrogens (tertiary/aromatic N) is 2. The van der Waals surface area contributed by atoms with Gasteiger partial charge in [-0.3, -0.25) is 4.68 Å². The van der Waals surface area contributed by atoms with Crippen LogP contribution in [0, 0.1) is 13.8 Å². The molecule has 0 bridgehead atoms. The van der Waals surface area contributed by atoms with E-state index in [1.54, 1.807) is 0 Å². The smallest absolute Gasteiger partial charge is 0.119 e. The molecule has 0 atom stereocenters. The zero-order valence-corrected chi connectivity index (χ0v) is 16.0. The minimum absolute atomic E-state index is 0.635. The summed E-state index contributed by atoms with van der Waals surface area (Å²) in [6, 6.07) is 17.8. The van der Waals surface area contributed by atoms with Gasteiger partial charge in [-0.1, -0.05) is 48.0 Å². The Morgan fingerprint density at radius 2 is 1.77 bits per heavy atom. The minimum atomic E-state index is 0.635. The average molecular weight is 370 g/mol. The van der Waals surface area contributed by atoms with Crippen molar-refractivity contribution in [1.29, 1.82) is 0 Å². The van der Waals surface area contributed by atoms with Crippen molar-refractivity contribution in [2.75, 3.05) is 13.2 Å². The monoisotopic (exact) mass is 369 g/mol. The van der Waals surface area contributed by atoms with Crippen LogP contribution in [0.2, 0.25) is 5.02 Å². The van der Waals surface area contributed by atoms with Crippen molar-refractivity contribution < 1.29 is 4.74 Å². The van der Waals surface area contributed by atoms with Gasteiger partial charge in [-0.05, 0) is 37.6 Å². The summed E-state index contributed by atoms with van der Waals surface area (Å²) in [6.45, 7) is 7.03. The number of benzene rings is 2. The van der Waals surface area contributed by atoms with Crippen LogP contribution >= 0.6 is 11.6 Å². The van der Waals surface area contributed by atoms with Gasteiger partial charge in [-0.15, -0.1) is 0 Å². The van der Waals surface area contributed by atoms with Gasteiger partial charge in [0.25, 0.3) is 0 Å². The summed E-state index contributed by atoms with van der Waals surface area (Å²) in [5.41, 5.74) is 4.53. The normalized spacial score (nSPS) is 10.9. The molecular weight excluding hydrogens is 346 g/mol. The second kappa shape index (κ2) is 8.88. The van der Waals surface area contributed by atoms with Gasteiger partial charge >= 0.3 is 0 Å². The number of nitrogens with one attached hydrogen (secondary N) is 1. The molecule has 0 aliphatic carbocycles. The van der Waals surface area contributed by atoms with Crippen LogP contribution in [0.3, 0.4) is 0 Å². The van der Waals surface area contributed by atoms with Gasteiger partial charge < -0.3 is 10.1 Å². The fourth-order valence-electron chi connectivity index (χ4n) is 2.90. The van der Waals surface area contributed by atoms with Crippen molar-refractivity contribution in [3.8, 4) is 5.75 Å². The fraction of sp³-hybridized carbons (Fsp3) is 0.286. The van der Waals surface area contributed by atoms with Gasteiger partial charge in [0, 0.05) is 29.4 Å². The second-order valence-corrected chi connectivity index (χ2v) is 6.64. The Morgan fingerprint density at radius 3 is 2.54 bits per heavy atom. The summed E-state index contributed by atoms with van der Waals surface area (Å²) < 4.78 is 7.73. The van der Waals surface area contributed by atoms with E-state index < -0.39 is 0 Å². The topological polar surface area (TPSA) is 39.1 Å². The van der Waals surface area contributed by atoms with Gasteiger partial charge in [0.05, 0.1) is 12.2 Å². The largest absolute Gasteiger partial charge is 0.492 e. The van der Waals surface area contributed by atoms with E-state index >= 15 is 0 Å². The van der Waals surface area contributed by atoms with E-state index in [1.165, 1.54) is 11.3 Å². The van der Waals surface area contributed by atoms with Crippen LogP contribution in [0.4, 0.5) is 0 Å². The predicted molar refractivity (Wildman–Crippen MR) is 106 cm³/mol. The Hall–Kier alpha value is -2.30. The molecule has 0 saturated heterocycles. The number of aryl methyl sites for hydroxylation is 1. The lowest BCUT2D eigenvalue weighted by atomic mass is 10.2. The van der Waals surface area contributed by atoms with Crippen LogP contribution in [0.5, 0.6) is 5.75 Å². The molecule has 1 N–H and O–H groups in total. The Kier molecular flexibility index (Phi) is 6.31. The van der Waals surface area contributed by atoms with E-state index in [-0.39, 0.29) is 0 Å². The van der Waals surface area contributed by atoms with Gasteiger partial charge in [0.1, 0.15) is 12.4 Å². The van der Waals surface area contributed by atoms with Crippen LogP contribution in [-0.4, -0.2) is 22.9 Å². The van der Waals surface area contributed by atoms with E-state index in [2.05, 4.69) is 17.3 Å². The molecule has 0 amide bonds. The highest BCUT2D eigenvalue weighted by Crippen LogP contribution is 2.19. The molecule has 3 rings (SSSR count). The Balaban J connectivity index is 1.54. The van der Waals surface area contributed by atoms with Crippen molar-refractivity contribution in [3.63, 3.8) is 0 Å². The molecule has 3 aromatic rings. The number of hydrogen-bond acceptors (Lipinski definition) is 3. The van der Waals surface area contributed by atoms with Crippen LogP contribution in [-0.2, 0) is 13.1 Å². The fourth-order valence-corrected chi connectivity index (χ4v) is 3.10. The van der Waals surface area contributed by atoms with Crippen LogP contribution in [0.15, 0.2) is 54.6 Å². The van der Waals surface area contributed by atoms with Crippen LogP contribution in [0.25, 0.3) is 0 Å². The van der Waals surface area contributed by atoms with Gasteiger partial charge in [-0.25, -0.2) is 0 Å². The van der Waals surface area contributed by atoms with E-state index in [0.717, 1.165) is 35.1 Å². The maximum absolute atomic E-state index is 6.27. The summed E-state index contributed by atoms with van der Waals surface area (Å²) in [4.78, 5) is 0. The third-order valence-corrected chi connectivity index (χ3v) is 4.77. The molecule has 26 heavy (non-hydrogen) atoms. The van der Waals surface area contributed by atoms with E-state index in [9.17, 15) is 0 Å².